The number of aromatic amines is 1. The Morgan fingerprint density at radius 2 is 1.84 bits per heavy atom. The molecule has 19 heavy (non-hydrogen) atoms. The number of nitrogens with one attached hydrogen (secondary N) is 1. The van der Waals surface area contributed by atoms with Gasteiger partial charge in [-0.25, -0.2) is 4.39 Å². The number of hydrogen-bond donors (Lipinski definition) is 1. The van der Waals surface area contributed by atoms with Crippen molar-refractivity contribution >= 4 is 23.3 Å². The van der Waals surface area contributed by atoms with Crippen molar-refractivity contribution in [3.63, 3.8) is 0 Å². The molecule has 1 heterocycles. The largest absolute Gasteiger partial charge is 0.328 e. The normalized spacial score (nSPS) is 12.2. The third kappa shape index (κ3) is 2.73. The van der Waals surface area contributed by atoms with E-state index in [1.165, 1.54) is 6.07 Å². The molecule has 0 fully saturated rings. The van der Waals surface area contributed by atoms with Gasteiger partial charge in [0, 0.05) is 6.54 Å². The lowest BCUT2D eigenvalue weighted by Gasteiger charge is -2.25. The number of hydrogen-bond acceptors (Lipinski definition) is 1. The smallest absolute Gasteiger partial charge is 0.178 e. The fraction of sp³-hybridized carbons (Fsp3) is 0.533. The second-order valence-corrected chi connectivity index (χ2v) is 6.21. The molecule has 104 valence electrons. The monoisotopic (exact) mass is 280 g/mol. The average molecular weight is 280 g/mol. The minimum Gasteiger partial charge on any atom is -0.328 e. The Morgan fingerprint density at radius 1 is 1.21 bits per heavy atom. The molecule has 0 aliphatic carbocycles. The van der Waals surface area contributed by atoms with E-state index in [1.807, 2.05) is 10.6 Å². The maximum Gasteiger partial charge on any atom is 0.178 e. The zero-order chi connectivity index (χ0) is 14.2. The van der Waals surface area contributed by atoms with Crippen molar-refractivity contribution in [2.45, 2.75) is 34.2 Å². The molecule has 1 aromatic carbocycles. The summed E-state index contributed by atoms with van der Waals surface area (Å²) in [5.74, 6) is 1.42. The number of benzene rings is 1. The predicted octanol–water partition coefficient (Wildman–Crippen LogP) is 4.77. The van der Waals surface area contributed by atoms with Crippen LogP contribution in [0, 0.1) is 28.3 Å². The molecule has 2 nitrogen and oxygen atoms in total. The van der Waals surface area contributed by atoms with Crippen LogP contribution in [0.1, 0.15) is 27.7 Å². The number of rotatable bonds is 4. The molecule has 0 amide bonds. The van der Waals surface area contributed by atoms with Gasteiger partial charge in [0.1, 0.15) is 11.3 Å². The molecule has 0 aliphatic rings. The van der Waals surface area contributed by atoms with E-state index in [2.05, 4.69) is 32.7 Å². The summed E-state index contributed by atoms with van der Waals surface area (Å²) in [5, 5.41) is 0. The van der Waals surface area contributed by atoms with Crippen LogP contribution in [0.15, 0.2) is 18.2 Å². The van der Waals surface area contributed by atoms with Crippen LogP contribution >= 0.6 is 12.2 Å². The first-order valence-corrected chi connectivity index (χ1v) is 7.19. The van der Waals surface area contributed by atoms with E-state index in [0.29, 0.717) is 28.0 Å². The van der Waals surface area contributed by atoms with E-state index in [0.717, 1.165) is 12.1 Å². The maximum atomic E-state index is 13.7. The molecule has 1 aromatic heterocycles. The second kappa shape index (κ2) is 5.45. The summed E-state index contributed by atoms with van der Waals surface area (Å²) in [6, 6.07) is 5.11. The molecule has 0 spiro atoms. The van der Waals surface area contributed by atoms with Crippen LogP contribution in [0.3, 0.4) is 0 Å². The minimum absolute atomic E-state index is 0.243. The first-order valence-electron chi connectivity index (χ1n) is 6.78. The summed E-state index contributed by atoms with van der Waals surface area (Å²) < 4.78 is 16.4. The van der Waals surface area contributed by atoms with Crippen molar-refractivity contribution < 1.29 is 4.39 Å². The van der Waals surface area contributed by atoms with Crippen LogP contribution < -0.4 is 0 Å². The first kappa shape index (κ1) is 14.3. The van der Waals surface area contributed by atoms with Crippen LogP contribution in [0.4, 0.5) is 4.39 Å². The van der Waals surface area contributed by atoms with Gasteiger partial charge in [0.15, 0.2) is 4.77 Å². The highest BCUT2D eigenvalue weighted by molar-refractivity contribution is 7.71. The Balaban J connectivity index is 2.48. The maximum absolute atomic E-state index is 13.7. The van der Waals surface area contributed by atoms with E-state index in [9.17, 15) is 4.39 Å². The quantitative estimate of drug-likeness (QED) is 0.800. The van der Waals surface area contributed by atoms with E-state index >= 15 is 0 Å². The highest BCUT2D eigenvalue weighted by Gasteiger charge is 2.20. The summed E-state index contributed by atoms with van der Waals surface area (Å²) in [5.41, 5.74) is 1.37. The summed E-state index contributed by atoms with van der Waals surface area (Å²) >= 11 is 5.34. The number of nitrogens with zero attached hydrogens (tertiary/aromatic N) is 1. The minimum atomic E-state index is -0.243. The topological polar surface area (TPSA) is 20.7 Å². The molecule has 0 unspecified atom stereocenters. The Morgan fingerprint density at radius 3 is 2.42 bits per heavy atom. The summed E-state index contributed by atoms with van der Waals surface area (Å²) in [4.78, 5) is 2.98. The Bertz CT molecular complexity index is 617. The van der Waals surface area contributed by atoms with Gasteiger partial charge in [0.05, 0.1) is 5.52 Å². The third-order valence-corrected chi connectivity index (χ3v) is 4.19. The van der Waals surface area contributed by atoms with E-state index < -0.39 is 0 Å². The number of H-pyrrole nitrogens is 1. The molecule has 0 radical (unpaired) electrons. The summed E-state index contributed by atoms with van der Waals surface area (Å²) in [7, 11) is 0. The molecule has 0 saturated heterocycles. The van der Waals surface area contributed by atoms with Crippen molar-refractivity contribution in [1.82, 2.24) is 9.55 Å². The van der Waals surface area contributed by atoms with Crippen molar-refractivity contribution in [1.29, 1.82) is 0 Å². The number of aromatic nitrogens is 2. The van der Waals surface area contributed by atoms with Crippen molar-refractivity contribution in [3.8, 4) is 0 Å². The van der Waals surface area contributed by atoms with Gasteiger partial charge in [0.25, 0.3) is 0 Å². The SMILES string of the molecule is CC(C)C(Cn1c(=S)[nH]c2c(F)cccc21)C(C)C. The van der Waals surface area contributed by atoms with Gasteiger partial charge in [0.2, 0.25) is 0 Å². The Kier molecular flexibility index (Phi) is 4.09. The molecule has 4 heteroatoms. The zero-order valence-corrected chi connectivity index (χ0v) is 12.7. The van der Waals surface area contributed by atoms with Gasteiger partial charge in [-0.05, 0) is 42.1 Å². The molecule has 2 rings (SSSR count). The first-order chi connectivity index (χ1) is 8.91. The van der Waals surface area contributed by atoms with Crippen LogP contribution in [-0.4, -0.2) is 9.55 Å². The molecule has 2 aromatic rings. The molecule has 1 N–H and O–H groups in total. The van der Waals surface area contributed by atoms with Gasteiger partial charge in [-0.2, -0.15) is 0 Å². The Labute approximate surface area is 118 Å². The molecular weight excluding hydrogens is 259 g/mol. The van der Waals surface area contributed by atoms with Crippen molar-refractivity contribution in [2.24, 2.45) is 17.8 Å². The lowest BCUT2D eigenvalue weighted by molar-refractivity contribution is 0.253. The number of halogens is 1. The second-order valence-electron chi connectivity index (χ2n) is 5.83. The predicted molar refractivity (Wildman–Crippen MR) is 80.2 cm³/mol. The van der Waals surface area contributed by atoms with Crippen molar-refractivity contribution in [3.05, 3.63) is 28.8 Å². The molecule has 0 aliphatic heterocycles. The average Bonchev–Trinajstić information content (AvgIpc) is 2.63. The standard InChI is InChI=1S/C15H21FN2S/c1-9(2)11(10(3)4)8-18-13-7-5-6-12(16)14(13)17-15(18)19/h5-7,9-11H,8H2,1-4H3,(H,17,19). The van der Waals surface area contributed by atoms with Gasteiger partial charge in [-0.15, -0.1) is 0 Å². The van der Waals surface area contributed by atoms with Gasteiger partial charge in [-0.3, -0.25) is 0 Å². The molecule has 0 atom stereocenters. The lowest BCUT2D eigenvalue weighted by Crippen LogP contribution is -2.21. The van der Waals surface area contributed by atoms with Crippen LogP contribution in [0.2, 0.25) is 0 Å². The van der Waals surface area contributed by atoms with E-state index in [1.54, 1.807) is 6.07 Å². The fourth-order valence-electron chi connectivity index (χ4n) is 2.73. The Hall–Kier alpha value is -1.16. The van der Waals surface area contributed by atoms with Gasteiger partial charge >= 0.3 is 0 Å². The molecule has 0 saturated carbocycles. The van der Waals surface area contributed by atoms with E-state index in [4.69, 9.17) is 12.2 Å². The summed E-state index contributed by atoms with van der Waals surface area (Å²) in [6.45, 7) is 9.73. The van der Waals surface area contributed by atoms with E-state index in [-0.39, 0.29) is 5.82 Å². The van der Waals surface area contributed by atoms with Gasteiger partial charge < -0.3 is 9.55 Å². The van der Waals surface area contributed by atoms with Crippen molar-refractivity contribution in [2.75, 3.05) is 0 Å². The van der Waals surface area contributed by atoms with Crippen LogP contribution in [0.5, 0.6) is 0 Å². The fourth-order valence-corrected chi connectivity index (χ4v) is 3.00. The number of para-hydroxylation sites is 1. The van der Waals surface area contributed by atoms with Gasteiger partial charge in [-0.1, -0.05) is 33.8 Å². The lowest BCUT2D eigenvalue weighted by atomic mass is 9.85. The molecule has 0 bridgehead atoms. The highest BCUT2D eigenvalue weighted by atomic mass is 32.1. The highest BCUT2D eigenvalue weighted by Crippen LogP contribution is 2.25. The summed E-state index contributed by atoms with van der Waals surface area (Å²) in [6.07, 6.45) is 0. The number of imidazole rings is 1. The zero-order valence-electron chi connectivity index (χ0n) is 11.9. The van der Waals surface area contributed by atoms with Crippen LogP contribution in [0.25, 0.3) is 11.0 Å². The molecular formula is C15H21FN2S. The van der Waals surface area contributed by atoms with Crippen LogP contribution in [-0.2, 0) is 6.54 Å². The number of fused-ring (bicyclic) bond motifs is 1. The third-order valence-electron chi connectivity index (χ3n) is 3.87.